The predicted octanol–water partition coefficient (Wildman–Crippen LogP) is 3.60. The Balaban J connectivity index is 1.94. The van der Waals surface area contributed by atoms with Crippen molar-refractivity contribution in [3.8, 4) is 22.5 Å². The van der Waals surface area contributed by atoms with Crippen LogP contribution in [0.1, 0.15) is 11.3 Å². The number of halogens is 3. The van der Waals surface area contributed by atoms with Gasteiger partial charge < -0.3 is 0 Å². The molecule has 8 heteroatoms. The summed E-state index contributed by atoms with van der Waals surface area (Å²) in [5, 5.41) is 10.4. The minimum Gasteiger partial charge on any atom is -0.294 e. The van der Waals surface area contributed by atoms with Crippen LogP contribution in [0.3, 0.4) is 0 Å². The van der Waals surface area contributed by atoms with Crippen molar-refractivity contribution in [1.29, 1.82) is 0 Å². The van der Waals surface area contributed by atoms with Gasteiger partial charge in [-0.1, -0.05) is 17.3 Å². The summed E-state index contributed by atoms with van der Waals surface area (Å²) >= 11 is 0. The Hall–Kier alpha value is -3.03. The van der Waals surface area contributed by atoms with Crippen LogP contribution >= 0.6 is 0 Å². The number of hydrogen-bond acceptors (Lipinski definition) is 4. The molecule has 0 aliphatic heterocycles. The Labute approximate surface area is 135 Å². The van der Waals surface area contributed by atoms with Gasteiger partial charge in [0.05, 0.1) is 11.3 Å². The number of nitrogens with zero attached hydrogens (tertiary/aromatic N) is 4. The molecule has 3 rings (SSSR count). The van der Waals surface area contributed by atoms with Crippen molar-refractivity contribution < 1.29 is 13.2 Å². The summed E-state index contributed by atoms with van der Waals surface area (Å²) in [6.07, 6.45) is -1.26. The molecule has 0 radical (unpaired) electrons. The third kappa shape index (κ3) is 3.17. The number of alkyl halides is 3. The Bertz CT molecular complexity index is 866. The van der Waals surface area contributed by atoms with Crippen molar-refractivity contribution in [2.45, 2.75) is 6.18 Å². The third-order valence-corrected chi connectivity index (χ3v) is 3.36. The van der Waals surface area contributed by atoms with Gasteiger partial charge in [0.25, 0.3) is 0 Å². The van der Waals surface area contributed by atoms with Gasteiger partial charge in [0, 0.05) is 30.6 Å². The molecule has 3 aromatic rings. The van der Waals surface area contributed by atoms with E-state index in [0.29, 0.717) is 28.2 Å². The van der Waals surface area contributed by atoms with E-state index in [4.69, 9.17) is 0 Å². The Morgan fingerprint density at radius 1 is 1.12 bits per heavy atom. The van der Waals surface area contributed by atoms with Crippen molar-refractivity contribution in [2.24, 2.45) is 4.99 Å². The highest BCUT2D eigenvalue weighted by Gasteiger charge is 2.30. The molecule has 0 atom stereocenters. The lowest BCUT2D eigenvalue weighted by molar-refractivity contribution is -0.137. The van der Waals surface area contributed by atoms with Gasteiger partial charge in [-0.05, 0) is 24.3 Å². The maximum atomic E-state index is 12.8. The highest BCUT2D eigenvalue weighted by atomic mass is 19.4. The summed E-state index contributed by atoms with van der Waals surface area (Å²) in [5.41, 5.74) is 2.03. The molecule has 5 nitrogen and oxygen atoms in total. The molecular weight excluding hydrogens is 319 g/mol. The second-order valence-corrected chi connectivity index (χ2v) is 4.97. The summed E-state index contributed by atoms with van der Waals surface area (Å²) in [6, 6.07) is 8.43. The first-order valence-electron chi connectivity index (χ1n) is 6.96. The zero-order chi connectivity index (χ0) is 17.2. The molecule has 24 heavy (non-hydrogen) atoms. The van der Waals surface area contributed by atoms with E-state index in [2.05, 4.69) is 25.4 Å². The van der Waals surface area contributed by atoms with Crippen molar-refractivity contribution in [1.82, 2.24) is 20.4 Å². The highest BCUT2D eigenvalue weighted by Crippen LogP contribution is 2.32. The van der Waals surface area contributed by atoms with Crippen LogP contribution in [0.5, 0.6) is 0 Å². The van der Waals surface area contributed by atoms with Gasteiger partial charge in [-0.15, -0.1) is 5.10 Å². The number of aromatic nitrogens is 4. The number of aliphatic imine (C=N–C) groups is 1. The van der Waals surface area contributed by atoms with Gasteiger partial charge in [-0.25, -0.2) is 0 Å². The Morgan fingerprint density at radius 2 is 1.96 bits per heavy atom. The number of benzene rings is 1. The zero-order valence-electron chi connectivity index (χ0n) is 12.5. The van der Waals surface area contributed by atoms with E-state index in [0.717, 1.165) is 12.1 Å². The van der Waals surface area contributed by atoms with E-state index in [-0.39, 0.29) is 0 Å². The number of nitrogens with one attached hydrogen (secondary N) is 1. The number of hydrogen-bond donors (Lipinski definition) is 1. The predicted molar refractivity (Wildman–Crippen MR) is 83.6 cm³/mol. The largest absolute Gasteiger partial charge is 0.416 e. The number of rotatable bonds is 3. The average molecular weight is 331 g/mol. The fourth-order valence-electron chi connectivity index (χ4n) is 2.23. The minimum atomic E-state index is -4.38. The summed E-state index contributed by atoms with van der Waals surface area (Å²) in [5.74, 6) is 0. The molecule has 0 amide bonds. The second-order valence-electron chi connectivity index (χ2n) is 4.97. The quantitative estimate of drug-likeness (QED) is 0.746. The van der Waals surface area contributed by atoms with Crippen LogP contribution in [0, 0.1) is 0 Å². The normalized spacial score (nSPS) is 12.0. The molecule has 1 N–H and O–H groups in total. The Kier molecular flexibility index (Phi) is 4.11. The summed E-state index contributed by atoms with van der Waals surface area (Å²) < 4.78 is 38.4. The van der Waals surface area contributed by atoms with Crippen LogP contribution < -0.4 is 0 Å². The fourth-order valence-corrected chi connectivity index (χ4v) is 2.23. The molecule has 0 fully saturated rings. The van der Waals surface area contributed by atoms with Crippen LogP contribution in [-0.2, 0) is 6.18 Å². The van der Waals surface area contributed by atoms with E-state index in [9.17, 15) is 13.2 Å². The lowest BCUT2D eigenvalue weighted by Gasteiger charge is -2.08. The van der Waals surface area contributed by atoms with Crippen molar-refractivity contribution >= 4 is 6.21 Å². The van der Waals surface area contributed by atoms with Crippen LogP contribution in [-0.4, -0.2) is 33.7 Å². The second kappa shape index (κ2) is 6.23. The van der Waals surface area contributed by atoms with E-state index >= 15 is 0 Å². The van der Waals surface area contributed by atoms with Gasteiger partial charge in [-0.3, -0.25) is 15.1 Å². The topological polar surface area (TPSA) is 66.8 Å². The fraction of sp³-hybridized carbons (Fsp3) is 0.125. The summed E-state index contributed by atoms with van der Waals surface area (Å²) in [7, 11) is 1.62. The molecule has 0 aliphatic rings. The van der Waals surface area contributed by atoms with E-state index in [1.165, 1.54) is 6.07 Å². The van der Waals surface area contributed by atoms with Gasteiger partial charge >= 0.3 is 6.18 Å². The van der Waals surface area contributed by atoms with Crippen molar-refractivity contribution in [2.75, 3.05) is 7.05 Å². The van der Waals surface area contributed by atoms with Crippen LogP contribution in [0.25, 0.3) is 22.5 Å². The van der Waals surface area contributed by atoms with E-state index in [1.54, 1.807) is 37.7 Å². The third-order valence-electron chi connectivity index (χ3n) is 3.36. The van der Waals surface area contributed by atoms with Crippen LogP contribution in [0.15, 0.2) is 47.6 Å². The standard InChI is InChI=1S/C16H12F3N5/c1-20-9-14-15(23-24-22-14)11-5-6-13(21-8-11)10-3-2-4-12(7-10)16(17,18)19/h2-9H,1H3,(H,22,23,24)/b20-9+. The molecular formula is C16H12F3N5. The molecule has 0 aliphatic carbocycles. The molecule has 0 saturated carbocycles. The lowest BCUT2D eigenvalue weighted by atomic mass is 10.1. The van der Waals surface area contributed by atoms with Gasteiger partial charge in [0.1, 0.15) is 11.4 Å². The smallest absolute Gasteiger partial charge is 0.294 e. The number of H-pyrrole nitrogens is 1. The van der Waals surface area contributed by atoms with E-state index in [1.807, 2.05) is 0 Å². The first-order chi connectivity index (χ1) is 11.5. The maximum Gasteiger partial charge on any atom is 0.416 e. The Morgan fingerprint density at radius 3 is 2.62 bits per heavy atom. The minimum absolute atomic E-state index is 0.395. The van der Waals surface area contributed by atoms with Crippen LogP contribution in [0.2, 0.25) is 0 Å². The van der Waals surface area contributed by atoms with Gasteiger partial charge in [0.2, 0.25) is 0 Å². The number of aromatic amines is 1. The SMILES string of the molecule is C/N=C/c1[nH]nnc1-c1ccc(-c2cccc(C(F)(F)F)c2)nc1. The van der Waals surface area contributed by atoms with E-state index < -0.39 is 11.7 Å². The monoisotopic (exact) mass is 331 g/mol. The van der Waals surface area contributed by atoms with Crippen molar-refractivity contribution in [3.05, 3.63) is 53.9 Å². The summed E-state index contributed by atoms with van der Waals surface area (Å²) in [6.45, 7) is 0. The van der Waals surface area contributed by atoms with Gasteiger partial charge in [0.15, 0.2) is 0 Å². The average Bonchev–Trinajstić information content (AvgIpc) is 3.03. The highest BCUT2D eigenvalue weighted by molar-refractivity contribution is 5.86. The summed E-state index contributed by atoms with van der Waals surface area (Å²) in [4.78, 5) is 8.13. The zero-order valence-corrected chi connectivity index (χ0v) is 12.5. The molecule has 1 aromatic carbocycles. The number of pyridine rings is 1. The molecule has 0 unspecified atom stereocenters. The molecule has 0 bridgehead atoms. The molecule has 0 spiro atoms. The molecule has 122 valence electrons. The lowest BCUT2D eigenvalue weighted by Crippen LogP contribution is -2.04. The van der Waals surface area contributed by atoms with Crippen LogP contribution in [0.4, 0.5) is 13.2 Å². The first-order valence-corrected chi connectivity index (χ1v) is 6.96. The van der Waals surface area contributed by atoms with Gasteiger partial charge in [-0.2, -0.15) is 13.2 Å². The maximum absolute atomic E-state index is 12.8. The van der Waals surface area contributed by atoms with Crippen molar-refractivity contribution in [3.63, 3.8) is 0 Å². The molecule has 0 saturated heterocycles. The first kappa shape index (κ1) is 15.9. The molecule has 2 heterocycles. The molecule has 2 aromatic heterocycles.